The van der Waals surface area contributed by atoms with Crippen molar-refractivity contribution in [3.8, 4) is 0 Å². The van der Waals surface area contributed by atoms with Crippen molar-refractivity contribution in [1.29, 1.82) is 0 Å². The molecule has 24 heavy (non-hydrogen) atoms. The zero-order valence-electron chi connectivity index (χ0n) is 13.8. The monoisotopic (exact) mass is 344 g/mol. The van der Waals surface area contributed by atoms with Crippen LogP contribution in [-0.4, -0.2) is 51.9 Å². The molecule has 1 aromatic carbocycles. The van der Waals surface area contributed by atoms with Gasteiger partial charge in [0.25, 0.3) is 5.91 Å². The van der Waals surface area contributed by atoms with Crippen LogP contribution >= 0.6 is 11.6 Å². The summed E-state index contributed by atoms with van der Waals surface area (Å²) in [5.74, 6) is -0.0316. The molecule has 0 N–H and O–H groups in total. The summed E-state index contributed by atoms with van der Waals surface area (Å²) in [7, 11) is 0. The standard InChI is InChI=1S/C18H21ClN4O/c1-14-11-21-17(12-20-14)18(24)23-8-2-7-22(9-10-23)13-15-3-5-16(19)6-4-15/h3-6,11-12H,2,7-10,13H2,1H3. The van der Waals surface area contributed by atoms with E-state index < -0.39 is 0 Å². The second kappa shape index (κ2) is 7.73. The Hall–Kier alpha value is -1.98. The molecule has 1 saturated heterocycles. The number of hydrogen-bond donors (Lipinski definition) is 0. The minimum Gasteiger partial charge on any atom is -0.336 e. The van der Waals surface area contributed by atoms with Crippen LogP contribution in [0.4, 0.5) is 0 Å². The van der Waals surface area contributed by atoms with E-state index in [4.69, 9.17) is 11.6 Å². The lowest BCUT2D eigenvalue weighted by Gasteiger charge is -2.21. The van der Waals surface area contributed by atoms with Crippen molar-refractivity contribution in [2.24, 2.45) is 0 Å². The second-order valence-electron chi connectivity index (χ2n) is 6.09. The first-order valence-corrected chi connectivity index (χ1v) is 8.54. The van der Waals surface area contributed by atoms with Gasteiger partial charge < -0.3 is 4.90 Å². The van der Waals surface area contributed by atoms with E-state index in [-0.39, 0.29) is 5.91 Å². The molecule has 2 heterocycles. The number of carbonyl (C=O) groups excluding carboxylic acids is 1. The van der Waals surface area contributed by atoms with Crippen LogP contribution in [0.1, 0.15) is 28.2 Å². The van der Waals surface area contributed by atoms with Crippen molar-refractivity contribution in [2.45, 2.75) is 19.9 Å². The number of benzene rings is 1. The third-order valence-corrected chi connectivity index (χ3v) is 4.45. The number of rotatable bonds is 3. The molecule has 0 atom stereocenters. The molecule has 0 radical (unpaired) electrons. The lowest BCUT2D eigenvalue weighted by Crippen LogP contribution is -2.35. The molecule has 1 fully saturated rings. The fourth-order valence-electron chi connectivity index (χ4n) is 2.85. The van der Waals surface area contributed by atoms with Gasteiger partial charge in [-0.3, -0.25) is 14.7 Å². The molecule has 0 spiro atoms. The fourth-order valence-corrected chi connectivity index (χ4v) is 2.97. The van der Waals surface area contributed by atoms with E-state index in [1.807, 2.05) is 24.0 Å². The first-order valence-electron chi connectivity index (χ1n) is 8.16. The predicted molar refractivity (Wildman–Crippen MR) is 94.0 cm³/mol. The number of halogens is 1. The summed E-state index contributed by atoms with van der Waals surface area (Å²) < 4.78 is 0. The van der Waals surface area contributed by atoms with Gasteiger partial charge in [-0.1, -0.05) is 23.7 Å². The Bertz CT molecular complexity index is 687. The summed E-state index contributed by atoms with van der Waals surface area (Å²) in [6.07, 6.45) is 4.16. The van der Waals surface area contributed by atoms with Crippen molar-refractivity contribution >= 4 is 17.5 Å². The normalized spacial score (nSPS) is 16.0. The Morgan fingerprint density at radius 1 is 1.08 bits per heavy atom. The van der Waals surface area contributed by atoms with Crippen molar-refractivity contribution < 1.29 is 4.79 Å². The van der Waals surface area contributed by atoms with Gasteiger partial charge in [0.2, 0.25) is 0 Å². The van der Waals surface area contributed by atoms with Gasteiger partial charge in [-0.05, 0) is 31.0 Å². The van der Waals surface area contributed by atoms with Crippen LogP contribution in [0.2, 0.25) is 5.02 Å². The quantitative estimate of drug-likeness (QED) is 0.859. The van der Waals surface area contributed by atoms with Gasteiger partial charge in [0.05, 0.1) is 11.9 Å². The van der Waals surface area contributed by atoms with Gasteiger partial charge in [-0.2, -0.15) is 0 Å². The van der Waals surface area contributed by atoms with Gasteiger partial charge in [-0.15, -0.1) is 0 Å². The van der Waals surface area contributed by atoms with Gasteiger partial charge in [0.15, 0.2) is 0 Å². The molecular weight excluding hydrogens is 324 g/mol. The van der Waals surface area contributed by atoms with Crippen LogP contribution in [0.5, 0.6) is 0 Å². The van der Waals surface area contributed by atoms with Gasteiger partial charge in [-0.25, -0.2) is 4.98 Å². The second-order valence-corrected chi connectivity index (χ2v) is 6.53. The fraction of sp³-hybridized carbons (Fsp3) is 0.389. The minimum absolute atomic E-state index is 0.0316. The number of amides is 1. The molecule has 0 aliphatic carbocycles. The lowest BCUT2D eigenvalue weighted by atomic mass is 10.2. The Morgan fingerprint density at radius 3 is 2.58 bits per heavy atom. The lowest BCUT2D eigenvalue weighted by molar-refractivity contribution is 0.0754. The summed E-state index contributed by atoms with van der Waals surface area (Å²) in [6.45, 7) is 6.04. The van der Waals surface area contributed by atoms with E-state index in [2.05, 4.69) is 27.0 Å². The molecule has 126 valence electrons. The molecule has 2 aromatic rings. The molecule has 1 aliphatic rings. The smallest absolute Gasteiger partial charge is 0.274 e. The molecule has 0 unspecified atom stereocenters. The number of nitrogens with zero attached hydrogens (tertiary/aromatic N) is 4. The third kappa shape index (κ3) is 4.30. The van der Waals surface area contributed by atoms with Crippen LogP contribution in [0.25, 0.3) is 0 Å². The molecule has 0 saturated carbocycles. The molecule has 0 bridgehead atoms. The van der Waals surface area contributed by atoms with E-state index >= 15 is 0 Å². The van der Waals surface area contributed by atoms with Crippen molar-refractivity contribution in [3.05, 3.63) is 58.6 Å². The highest BCUT2D eigenvalue weighted by atomic mass is 35.5. The third-order valence-electron chi connectivity index (χ3n) is 4.20. The van der Waals surface area contributed by atoms with Crippen molar-refractivity contribution in [1.82, 2.24) is 19.8 Å². The molecule has 5 nitrogen and oxygen atoms in total. The highest BCUT2D eigenvalue weighted by molar-refractivity contribution is 6.30. The van der Waals surface area contributed by atoms with Crippen molar-refractivity contribution in [2.75, 3.05) is 26.2 Å². The number of hydrogen-bond acceptors (Lipinski definition) is 4. The summed E-state index contributed by atoms with van der Waals surface area (Å²) in [5, 5.41) is 0.755. The summed E-state index contributed by atoms with van der Waals surface area (Å²) in [6, 6.07) is 7.94. The number of aryl methyl sites for hydroxylation is 1. The maximum absolute atomic E-state index is 12.6. The summed E-state index contributed by atoms with van der Waals surface area (Å²) in [4.78, 5) is 25.2. The summed E-state index contributed by atoms with van der Waals surface area (Å²) in [5.41, 5.74) is 2.48. The van der Waals surface area contributed by atoms with Gasteiger partial charge >= 0.3 is 0 Å². The Labute approximate surface area is 147 Å². The van der Waals surface area contributed by atoms with E-state index in [9.17, 15) is 4.79 Å². The van der Waals surface area contributed by atoms with Crippen molar-refractivity contribution in [3.63, 3.8) is 0 Å². The maximum atomic E-state index is 12.6. The molecule has 3 rings (SSSR count). The zero-order chi connectivity index (χ0) is 16.9. The van der Waals surface area contributed by atoms with Crippen LogP contribution < -0.4 is 0 Å². The Balaban J connectivity index is 1.59. The topological polar surface area (TPSA) is 49.3 Å². The average molecular weight is 345 g/mol. The number of aromatic nitrogens is 2. The van der Waals surface area contributed by atoms with Gasteiger partial charge in [0, 0.05) is 43.9 Å². The Kier molecular flexibility index (Phi) is 5.43. The largest absolute Gasteiger partial charge is 0.336 e. The van der Waals surface area contributed by atoms with Crippen LogP contribution in [-0.2, 0) is 6.54 Å². The SMILES string of the molecule is Cc1cnc(C(=O)N2CCCN(Cc3ccc(Cl)cc3)CC2)cn1. The van der Waals surface area contributed by atoms with E-state index in [1.54, 1.807) is 12.4 Å². The van der Waals surface area contributed by atoms with Crippen LogP contribution in [0.3, 0.4) is 0 Å². The first kappa shape index (κ1) is 16.9. The van der Waals surface area contributed by atoms with Gasteiger partial charge in [0.1, 0.15) is 5.69 Å². The maximum Gasteiger partial charge on any atom is 0.274 e. The minimum atomic E-state index is -0.0316. The molecule has 1 amide bonds. The van der Waals surface area contributed by atoms with E-state index in [1.165, 1.54) is 5.56 Å². The average Bonchev–Trinajstić information content (AvgIpc) is 2.83. The highest BCUT2D eigenvalue weighted by Gasteiger charge is 2.21. The molecule has 1 aliphatic heterocycles. The van der Waals surface area contributed by atoms with Crippen LogP contribution in [0.15, 0.2) is 36.7 Å². The molecular formula is C18H21ClN4O. The number of carbonyl (C=O) groups is 1. The predicted octanol–water partition coefficient (Wildman–Crippen LogP) is 2.79. The Morgan fingerprint density at radius 2 is 1.88 bits per heavy atom. The van der Waals surface area contributed by atoms with Crippen LogP contribution in [0, 0.1) is 6.92 Å². The molecule has 6 heteroatoms. The zero-order valence-corrected chi connectivity index (χ0v) is 14.5. The summed E-state index contributed by atoms with van der Waals surface area (Å²) >= 11 is 5.93. The molecule has 1 aromatic heterocycles. The van der Waals surface area contributed by atoms with E-state index in [0.29, 0.717) is 12.2 Å². The van der Waals surface area contributed by atoms with E-state index in [0.717, 1.165) is 43.3 Å². The first-order chi connectivity index (χ1) is 11.6. The highest BCUT2D eigenvalue weighted by Crippen LogP contribution is 2.14.